The third-order valence-electron chi connectivity index (χ3n) is 5.54. The molecule has 0 unspecified atom stereocenters. The molecule has 8 nitrogen and oxygen atoms in total. The molecule has 1 aromatic heterocycles. The molecule has 2 heterocycles. The van der Waals surface area contributed by atoms with Gasteiger partial charge in [0.15, 0.2) is 0 Å². The Kier molecular flexibility index (Phi) is 6.08. The largest absolute Gasteiger partial charge is 0.507 e. The quantitative estimate of drug-likeness (QED) is 0.332. The minimum absolute atomic E-state index is 0.0298. The minimum Gasteiger partial charge on any atom is -0.507 e. The van der Waals surface area contributed by atoms with Gasteiger partial charge < -0.3 is 28.6 Å². The summed E-state index contributed by atoms with van der Waals surface area (Å²) in [5, 5.41) is 11.2. The molecule has 1 amide bonds. The number of hydrogen-bond acceptors (Lipinski definition) is 7. The standard InChI is InChI=1S/C25H23NO7/c1-30-16-8-6-15(7-9-16)23(27)21-22(19-13-17(31-2)10-11-20(19)32-3)26(25(29)24(21)28)14-18-5-4-12-33-18/h4-13,22,27H,14H2,1-3H3/b23-21+/t22-/m1/s1. The van der Waals surface area contributed by atoms with E-state index in [1.807, 2.05) is 0 Å². The molecule has 3 aromatic rings. The van der Waals surface area contributed by atoms with Crippen LogP contribution >= 0.6 is 0 Å². The van der Waals surface area contributed by atoms with Crippen LogP contribution in [-0.2, 0) is 16.1 Å². The maximum atomic E-state index is 13.2. The highest BCUT2D eigenvalue weighted by molar-refractivity contribution is 6.46. The van der Waals surface area contributed by atoms with Gasteiger partial charge in [0.05, 0.1) is 45.8 Å². The Labute approximate surface area is 190 Å². The van der Waals surface area contributed by atoms with Crippen LogP contribution < -0.4 is 14.2 Å². The van der Waals surface area contributed by atoms with Crippen LogP contribution in [0.15, 0.2) is 70.9 Å². The first-order valence-corrected chi connectivity index (χ1v) is 10.2. The average Bonchev–Trinajstić information content (AvgIpc) is 3.45. The Morgan fingerprint density at radius 3 is 2.27 bits per heavy atom. The highest BCUT2D eigenvalue weighted by atomic mass is 16.5. The first-order chi connectivity index (χ1) is 16.0. The number of carbonyl (C=O) groups is 2. The van der Waals surface area contributed by atoms with Crippen molar-refractivity contribution in [3.05, 3.63) is 83.3 Å². The number of hydrogen-bond donors (Lipinski definition) is 1. The summed E-state index contributed by atoms with van der Waals surface area (Å²) in [4.78, 5) is 27.7. The number of carbonyl (C=O) groups excluding carboxylic acids is 2. The van der Waals surface area contributed by atoms with Gasteiger partial charge in [-0.3, -0.25) is 9.59 Å². The summed E-state index contributed by atoms with van der Waals surface area (Å²) in [6.45, 7) is 0.0298. The molecule has 1 saturated heterocycles. The Hall–Kier alpha value is -4.20. The molecule has 0 saturated carbocycles. The minimum atomic E-state index is -0.928. The summed E-state index contributed by atoms with van der Waals surface area (Å²) in [5.41, 5.74) is 0.819. The van der Waals surface area contributed by atoms with E-state index in [0.29, 0.717) is 34.1 Å². The average molecular weight is 449 g/mol. The van der Waals surface area contributed by atoms with E-state index >= 15 is 0 Å². The van der Waals surface area contributed by atoms with Crippen LogP contribution in [0.3, 0.4) is 0 Å². The lowest BCUT2D eigenvalue weighted by Crippen LogP contribution is -2.29. The van der Waals surface area contributed by atoms with E-state index in [0.717, 1.165) is 0 Å². The number of ketones is 1. The zero-order valence-electron chi connectivity index (χ0n) is 18.4. The monoisotopic (exact) mass is 449 g/mol. The second kappa shape index (κ2) is 9.12. The molecule has 4 rings (SSSR count). The molecule has 1 atom stereocenters. The summed E-state index contributed by atoms with van der Waals surface area (Å²) in [5.74, 6) is 0.185. The maximum absolute atomic E-state index is 13.2. The number of aliphatic hydroxyl groups is 1. The normalized spacial score (nSPS) is 17.3. The van der Waals surface area contributed by atoms with Crippen LogP contribution in [0, 0.1) is 0 Å². The molecule has 0 radical (unpaired) electrons. The van der Waals surface area contributed by atoms with Crippen LogP contribution in [0.5, 0.6) is 17.2 Å². The zero-order valence-corrected chi connectivity index (χ0v) is 18.4. The van der Waals surface area contributed by atoms with Crippen molar-refractivity contribution in [3.63, 3.8) is 0 Å². The van der Waals surface area contributed by atoms with E-state index < -0.39 is 17.7 Å². The summed E-state index contributed by atoms with van der Waals surface area (Å²) in [6.07, 6.45) is 1.49. The van der Waals surface area contributed by atoms with Crippen molar-refractivity contribution in [2.75, 3.05) is 21.3 Å². The van der Waals surface area contributed by atoms with Crippen LogP contribution in [-0.4, -0.2) is 43.0 Å². The molecule has 1 fully saturated rings. The van der Waals surface area contributed by atoms with Gasteiger partial charge in [-0.05, 0) is 54.6 Å². The Balaban J connectivity index is 1.92. The molecule has 170 valence electrons. The van der Waals surface area contributed by atoms with Crippen molar-refractivity contribution in [3.8, 4) is 17.2 Å². The fourth-order valence-corrected chi connectivity index (χ4v) is 3.89. The van der Waals surface area contributed by atoms with Crippen molar-refractivity contribution < 1.29 is 33.3 Å². The highest BCUT2D eigenvalue weighted by Gasteiger charge is 2.47. The van der Waals surface area contributed by atoms with E-state index in [-0.39, 0.29) is 17.9 Å². The molecule has 0 aliphatic carbocycles. The van der Waals surface area contributed by atoms with Crippen LogP contribution in [0.25, 0.3) is 5.76 Å². The second-order valence-corrected chi connectivity index (χ2v) is 7.34. The van der Waals surface area contributed by atoms with Gasteiger partial charge in [-0.15, -0.1) is 0 Å². The smallest absolute Gasteiger partial charge is 0.296 e. The molecule has 0 spiro atoms. The SMILES string of the molecule is COc1ccc(/C(O)=C2\C(=O)C(=O)N(Cc3ccco3)[C@@H]2c2cc(OC)ccc2OC)cc1. The number of methoxy groups -OCH3 is 3. The second-order valence-electron chi connectivity index (χ2n) is 7.34. The van der Waals surface area contributed by atoms with E-state index in [1.54, 1.807) is 54.6 Å². The number of aliphatic hydroxyl groups excluding tert-OH is 1. The van der Waals surface area contributed by atoms with Gasteiger partial charge in [-0.2, -0.15) is 0 Å². The first kappa shape index (κ1) is 22.0. The number of nitrogens with zero attached hydrogens (tertiary/aromatic N) is 1. The fourth-order valence-electron chi connectivity index (χ4n) is 3.89. The van der Waals surface area contributed by atoms with Gasteiger partial charge in [0.25, 0.3) is 11.7 Å². The van der Waals surface area contributed by atoms with Gasteiger partial charge >= 0.3 is 0 Å². The van der Waals surface area contributed by atoms with Gasteiger partial charge in [0.2, 0.25) is 0 Å². The molecular weight excluding hydrogens is 426 g/mol. The van der Waals surface area contributed by atoms with E-state index in [1.165, 1.54) is 32.5 Å². The molecule has 1 aliphatic rings. The van der Waals surface area contributed by atoms with Gasteiger partial charge in [0.1, 0.15) is 28.8 Å². The summed E-state index contributed by atoms with van der Waals surface area (Å²) in [7, 11) is 4.54. The molecule has 1 aliphatic heterocycles. The number of benzene rings is 2. The molecule has 33 heavy (non-hydrogen) atoms. The Morgan fingerprint density at radius 1 is 0.970 bits per heavy atom. The third kappa shape index (κ3) is 4.03. The molecular formula is C25H23NO7. The number of rotatable bonds is 7. The lowest BCUT2D eigenvalue weighted by Gasteiger charge is -2.26. The van der Waals surface area contributed by atoms with Crippen molar-refractivity contribution in [1.29, 1.82) is 0 Å². The van der Waals surface area contributed by atoms with Crippen LogP contribution in [0.2, 0.25) is 0 Å². The number of furan rings is 1. The number of Topliss-reactive ketones (excluding diaryl/α,β-unsaturated/α-hetero) is 1. The van der Waals surface area contributed by atoms with E-state index in [2.05, 4.69) is 0 Å². The van der Waals surface area contributed by atoms with Gasteiger partial charge in [-0.1, -0.05) is 0 Å². The molecule has 8 heteroatoms. The molecule has 2 aromatic carbocycles. The summed E-state index contributed by atoms with van der Waals surface area (Å²) >= 11 is 0. The molecule has 1 N–H and O–H groups in total. The molecule has 0 bridgehead atoms. The lowest BCUT2D eigenvalue weighted by molar-refractivity contribution is -0.140. The third-order valence-corrected chi connectivity index (χ3v) is 5.54. The lowest BCUT2D eigenvalue weighted by atomic mass is 9.94. The number of amides is 1. The highest BCUT2D eigenvalue weighted by Crippen LogP contribution is 2.44. The van der Waals surface area contributed by atoms with E-state index in [9.17, 15) is 14.7 Å². The number of ether oxygens (including phenoxy) is 3. The van der Waals surface area contributed by atoms with Crippen molar-refractivity contribution >= 4 is 17.4 Å². The van der Waals surface area contributed by atoms with E-state index in [4.69, 9.17) is 18.6 Å². The Morgan fingerprint density at radius 2 is 1.67 bits per heavy atom. The van der Waals surface area contributed by atoms with Crippen molar-refractivity contribution in [2.24, 2.45) is 0 Å². The van der Waals surface area contributed by atoms with Gasteiger partial charge in [0, 0.05) is 11.1 Å². The predicted octanol–water partition coefficient (Wildman–Crippen LogP) is 3.93. The summed E-state index contributed by atoms with van der Waals surface area (Å²) < 4.78 is 21.5. The van der Waals surface area contributed by atoms with Crippen LogP contribution in [0.4, 0.5) is 0 Å². The Bertz CT molecular complexity index is 1200. The van der Waals surface area contributed by atoms with Crippen LogP contribution in [0.1, 0.15) is 22.9 Å². The van der Waals surface area contributed by atoms with Crippen molar-refractivity contribution in [2.45, 2.75) is 12.6 Å². The topological polar surface area (TPSA) is 98.4 Å². The summed E-state index contributed by atoms with van der Waals surface area (Å²) in [6, 6.07) is 14.1. The fraction of sp³-hybridized carbons (Fsp3) is 0.200. The van der Waals surface area contributed by atoms with Crippen molar-refractivity contribution in [1.82, 2.24) is 4.90 Å². The van der Waals surface area contributed by atoms with Gasteiger partial charge in [-0.25, -0.2) is 0 Å². The predicted molar refractivity (Wildman–Crippen MR) is 119 cm³/mol. The zero-order chi connectivity index (χ0) is 23.5. The number of likely N-dealkylation sites (tertiary alicyclic amines) is 1. The first-order valence-electron chi connectivity index (χ1n) is 10.2. The maximum Gasteiger partial charge on any atom is 0.296 e.